The molecule has 1 rings (SSSR count). The molecule has 0 nitrogen and oxygen atoms in total. The van der Waals surface area contributed by atoms with Crippen molar-refractivity contribution in [2.45, 2.75) is 95.8 Å². The predicted octanol–water partition coefficient (Wildman–Crippen LogP) is 6.31. The smallest absolute Gasteiger partial charge is 0.0338 e. The van der Waals surface area contributed by atoms with E-state index in [9.17, 15) is 0 Å². The molecule has 0 saturated heterocycles. The standard InChI is InChI=1S/C16H31Cl/c1-2-3-4-5-6-7-8-11-15-12-9-10-13-16(17)14-15/h15-16H,2-14H2,1H3. The molecule has 102 valence electrons. The van der Waals surface area contributed by atoms with Gasteiger partial charge in [0.25, 0.3) is 0 Å². The first kappa shape index (κ1) is 15.3. The molecule has 1 aliphatic carbocycles. The Kier molecular flexibility index (Phi) is 9.24. The summed E-state index contributed by atoms with van der Waals surface area (Å²) in [6.45, 7) is 2.29. The Morgan fingerprint density at radius 1 is 0.882 bits per heavy atom. The lowest BCUT2D eigenvalue weighted by atomic mass is 9.93. The van der Waals surface area contributed by atoms with E-state index < -0.39 is 0 Å². The summed E-state index contributed by atoms with van der Waals surface area (Å²) < 4.78 is 0. The van der Waals surface area contributed by atoms with Gasteiger partial charge >= 0.3 is 0 Å². The van der Waals surface area contributed by atoms with Crippen LogP contribution >= 0.6 is 11.6 Å². The van der Waals surface area contributed by atoms with E-state index in [0.717, 1.165) is 5.92 Å². The van der Waals surface area contributed by atoms with E-state index in [4.69, 9.17) is 11.6 Å². The molecule has 0 bridgehead atoms. The Bertz CT molecular complexity index is 167. The van der Waals surface area contributed by atoms with Crippen LogP contribution in [-0.4, -0.2) is 5.38 Å². The lowest BCUT2D eigenvalue weighted by Crippen LogP contribution is -2.05. The van der Waals surface area contributed by atoms with Crippen molar-refractivity contribution >= 4 is 11.6 Å². The molecule has 2 atom stereocenters. The monoisotopic (exact) mass is 258 g/mol. The van der Waals surface area contributed by atoms with Crippen LogP contribution < -0.4 is 0 Å². The second kappa shape index (κ2) is 10.2. The maximum absolute atomic E-state index is 6.31. The molecule has 0 aromatic heterocycles. The van der Waals surface area contributed by atoms with Crippen LogP contribution in [0.2, 0.25) is 0 Å². The summed E-state index contributed by atoms with van der Waals surface area (Å²) in [5, 5.41) is 0.479. The largest absolute Gasteiger partial charge is 0.123 e. The molecule has 1 fully saturated rings. The molecule has 0 spiro atoms. The van der Waals surface area contributed by atoms with Crippen LogP contribution in [0.1, 0.15) is 90.4 Å². The predicted molar refractivity (Wildman–Crippen MR) is 78.8 cm³/mol. The molecule has 0 aromatic rings. The molecule has 1 aliphatic rings. The van der Waals surface area contributed by atoms with Crippen molar-refractivity contribution in [1.29, 1.82) is 0 Å². The number of rotatable bonds is 8. The average molecular weight is 259 g/mol. The van der Waals surface area contributed by atoms with E-state index >= 15 is 0 Å². The Hall–Kier alpha value is 0.290. The molecule has 0 amide bonds. The first-order valence-electron chi connectivity index (χ1n) is 7.97. The maximum atomic E-state index is 6.31. The number of hydrogen-bond acceptors (Lipinski definition) is 0. The second-order valence-corrected chi connectivity index (χ2v) is 6.51. The highest BCUT2D eigenvalue weighted by Crippen LogP contribution is 2.30. The zero-order chi connectivity index (χ0) is 12.3. The summed E-state index contributed by atoms with van der Waals surface area (Å²) in [6, 6.07) is 0. The minimum atomic E-state index is 0.479. The van der Waals surface area contributed by atoms with Crippen LogP contribution in [-0.2, 0) is 0 Å². The average Bonchev–Trinajstić information content (AvgIpc) is 2.52. The quantitative estimate of drug-likeness (QED) is 0.272. The summed E-state index contributed by atoms with van der Waals surface area (Å²) in [5.74, 6) is 0.940. The van der Waals surface area contributed by atoms with E-state index in [0.29, 0.717) is 5.38 Å². The fraction of sp³-hybridized carbons (Fsp3) is 1.00. The Labute approximate surface area is 114 Å². The van der Waals surface area contributed by atoms with Crippen molar-refractivity contribution in [3.05, 3.63) is 0 Å². The summed E-state index contributed by atoms with van der Waals surface area (Å²) in [4.78, 5) is 0. The molecule has 0 heterocycles. The van der Waals surface area contributed by atoms with Crippen molar-refractivity contribution < 1.29 is 0 Å². The second-order valence-electron chi connectivity index (χ2n) is 5.89. The van der Waals surface area contributed by atoms with Crippen LogP contribution in [0, 0.1) is 5.92 Å². The Morgan fingerprint density at radius 3 is 2.29 bits per heavy atom. The van der Waals surface area contributed by atoms with E-state index in [1.165, 1.54) is 83.5 Å². The normalized spacial score (nSPS) is 25.8. The third-order valence-electron chi connectivity index (χ3n) is 4.18. The topological polar surface area (TPSA) is 0 Å². The highest BCUT2D eigenvalue weighted by atomic mass is 35.5. The third kappa shape index (κ3) is 8.08. The van der Waals surface area contributed by atoms with Gasteiger partial charge in [0.2, 0.25) is 0 Å². The molecule has 1 heteroatoms. The van der Waals surface area contributed by atoms with Gasteiger partial charge in [0.15, 0.2) is 0 Å². The first-order valence-corrected chi connectivity index (χ1v) is 8.40. The molecule has 2 unspecified atom stereocenters. The van der Waals surface area contributed by atoms with Gasteiger partial charge in [-0.2, -0.15) is 0 Å². The van der Waals surface area contributed by atoms with E-state index in [-0.39, 0.29) is 0 Å². The van der Waals surface area contributed by atoms with Gasteiger partial charge in [-0.25, -0.2) is 0 Å². The van der Waals surface area contributed by atoms with Crippen LogP contribution in [0.3, 0.4) is 0 Å². The third-order valence-corrected chi connectivity index (χ3v) is 4.58. The van der Waals surface area contributed by atoms with Crippen LogP contribution in [0.5, 0.6) is 0 Å². The van der Waals surface area contributed by atoms with Crippen molar-refractivity contribution in [2.24, 2.45) is 5.92 Å². The van der Waals surface area contributed by atoms with Crippen LogP contribution in [0.25, 0.3) is 0 Å². The van der Waals surface area contributed by atoms with Gasteiger partial charge in [0.05, 0.1) is 0 Å². The lowest BCUT2D eigenvalue weighted by Gasteiger charge is -2.15. The zero-order valence-electron chi connectivity index (χ0n) is 11.7. The molecule has 0 radical (unpaired) electrons. The maximum Gasteiger partial charge on any atom is 0.0338 e. The van der Waals surface area contributed by atoms with Gasteiger partial charge in [-0.15, -0.1) is 11.6 Å². The van der Waals surface area contributed by atoms with Crippen molar-refractivity contribution in [2.75, 3.05) is 0 Å². The molecule has 0 aromatic carbocycles. The van der Waals surface area contributed by atoms with E-state index in [1.54, 1.807) is 0 Å². The van der Waals surface area contributed by atoms with Gasteiger partial charge in [0, 0.05) is 5.38 Å². The first-order chi connectivity index (χ1) is 8.33. The van der Waals surface area contributed by atoms with Gasteiger partial charge in [-0.3, -0.25) is 0 Å². The molecular formula is C16H31Cl. The number of hydrogen-bond donors (Lipinski definition) is 0. The Balaban J connectivity index is 1.94. The number of alkyl halides is 1. The van der Waals surface area contributed by atoms with Crippen LogP contribution in [0.4, 0.5) is 0 Å². The molecule has 0 aliphatic heterocycles. The number of unbranched alkanes of at least 4 members (excludes halogenated alkanes) is 6. The summed E-state index contributed by atoms with van der Waals surface area (Å²) >= 11 is 6.31. The van der Waals surface area contributed by atoms with Crippen molar-refractivity contribution in [3.63, 3.8) is 0 Å². The molecule has 0 N–H and O–H groups in total. The summed E-state index contributed by atoms with van der Waals surface area (Å²) in [7, 11) is 0. The molecule has 1 saturated carbocycles. The fourth-order valence-corrected chi connectivity index (χ4v) is 3.45. The minimum Gasteiger partial charge on any atom is -0.123 e. The minimum absolute atomic E-state index is 0.479. The van der Waals surface area contributed by atoms with Gasteiger partial charge < -0.3 is 0 Å². The zero-order valence-corrected chi connectivity index (χ0v) is 12.5. The van der Waals surface area contributed by atoms with Gasteiger partial charge in [-0.1, -0.05) is 77.6 Å². The van der Waals surface area contributed by atoms with Gasteiger partial charge in [-0.05, 0) is 18.8 Å². The summed E-state index contributed by atoms with van der Waals surface area (Å²) in [6.07, 6.45) is 18.3. The van der Waals surface area contributed by atoms with E-state index in [2.05, 4.69) is 6.92 Å². The van der Waals surface area contributed by atoms with Crippen molar-refractivity contribution in [3.8, 4) is 0 Å². The number of halogens is 1. The summed E-state index contributed by atoms with van der Waals surface area (Å²) in [5.41, 5.74) is 0. The lowest BCUT2D eigenvalue weighted by molar-refractivity contribution is 0.406. The van der Waals surface area contributed by atoms with Gasteiger partial charge in [0.1, 0.15) is 0 Å². The Morgan fingerprint density at radius 2 is 1.53 bits per heavy atom. The fourth-order valence-electron chi connectivity index (χ4n) is 3.05. The van der Waals surface area contributed by atoms with Crippen LogP contribution in [0.15, 0.2) is 0 Å². The van der Waals surface area contributed by atoms with E-state index in [1.807, 2.05) is 0 Å². The highest BCUT2D eigenvalue weighted by molar-refractivity contribution is 6.20. The van der Waals surface area contributed by atoms with Crippen molar-refractivity contribution in [1.82, 2.24) is 0 Å². The highest BCUT2D eigenvalue weighted by Gasteiger charge is 2.17. The molecule has 17 heavy (non-hydrogen) atoms. The molecular weight excluding hydrogens is 228 g/mol. The SMILES string of the molecule is CCCCCCCCCC1CCCCC(Cl)C1.